The third-order valence-corrected chi connectivity index (χ3v) is 8.51. The minimum atomic E-state index is -0.505. The number of hydrogen-bond acceptors (Lipinski definition) is 6. The smallest absolute Gasteiger partial charge is 0.338 e. The summed E-state index contributed by atoms with van der Waals surface area (Å²) < 4.78 is 15.4. The lowest BCUT2D eigenvalue weighted by molar-refractivity contribution is -0.139. The molecule has 0 fully saturated rings. The molecule has 3 aromatic carbocycles. The monoisotopic (exact) mass is 594 g/mol. The van der Waals surface area contributed by atoms with Crippen LogP contribution in [0.2, 0.25) is 0 Å². The second-order valence-electron chi connectivity index (χ2n) is 10.5. The summed E-state index contributed by atoms with van der Waals surface area (Å²) >= 11 is 6.31. The summed E-state index contributed by atoms with van der Waals surface area (Å²) in [7, 11) is 1.64. The van der Waals surface area contributed by atoms with Crippen LogP contribution >= 0.6 is 12.2 Å². The molecule has 0 saturated carbocycles. The first-order valence-electron chi connectivity index (χ1n) is 14.3. The summed E-state index contributed by atoms with van der Waals surface area (Å²) in [6.45, 7) is 8.75. The Morgan fingerprint density at radius 2 is 1.40 bits per heavy atom. The zero-order valence-electron chi connectivity index (χ0n) is 24.9. The maximum Gasteiger partial charge on any atom is 0.338 e. The number of nitrogens with zero attached hydrogens (tertiary/aromatic N) is 6. The van der Waals surface area contributed by atoms with Gasteiger partial charge in [-0.25, -0.2) is 14.8 Å². The van der Waals surface area contributed by atoms with Gasteiger partial charge in [-0.05, 0) is 81.9 Å². The fourth-order valence-corrected chi connectivity index (χ4v) is 6.22. The molecule has 1 atom stereocenters. The minimum absolute atomic E-state index is 0.256. The number of para-hydroxylation sites is 4. The van der Waals surface area contributed by atoms with Gasteiger partial charge in [-0.15, -0.1) is 0 Å². The molecule has 1 unspecified atom stereocenters. The Kier molecular flexibility index (Phi) is 7.62. The molecule has 1 aliphatic heterocycles. The number of thiocarbonyl (C=S) groups is 1. The third kappa shape index (κ3) is 5.01. The lowest BCUT2D eigenvalue weighted by Gasteiger charge is -2.45. The van der Waals surface area contributed by atoms with E-state index in [1.54, 1.807) is 7.11 Å². The van der Waals surface area contributed by atoms with Crippen LogP contribution in [0.15, 0.2) is 84.1 Å². The van der Waals surface area contributed by atoms with E-state index in [0.29, 0.717) is 24.0 Å². The number of imidazole rings is 2. The van der Waals surface area contributed by atoms with Gasteiger partial charge in [0.25, 0.3) is 0 Å². The first kappa shape index (κ1) is 28.4. The van der Waals surface area contributed by atoms with Gasteiger partial charge in [-0.1, -0.05) is 36.4 Å². The largest absolute Gasteiger partial charge is 0.497 e. The molecule has 5 aromatic rings. The summed E-state index contributed by atoms with van der Waals surface area (Å²) in [6, 6.07) is 23.3. The van der Waals surface area contributed by atoms with Crippen LogP contribution in [-0.2, 0) is 22.9 Å². The number of methoxy groups -OCH3 is 1. The Hall–Kier alpha value is -4.70. The zero-order valence-corrected chi connectivity index (χ0v) is 25.8. The van der Waals surface area contributed by atoms with E-state index < -0.39 is 6.04 Å². The molecule has 0 amide bonds. The number of ether oxygens (including phenoxy) is 2. The van der Waals surface area contributed by atoms with Crippen molar-refractivity contribution in [3.05, 3.63) is 101 Å². The number of fused-ring (bicyclic) bond motifs is 2. The molecule has 3 heterocycles. The molecule has 0 N–H and O–H groups in total. The molecule has 2 aromatic heterocycles. The van der Waals surface area contributed by atoms with Crippen molar-refractivity contribution >= 4 is 45.4 Å². The third-order valence-electron chi connectivity index (χ3n) is 8.05. The van der Waals surface area contributed by atoms with Crippen LogP contribution in [0.3, 0.4) is 0 Å². The van der Waals surface area contributed by atoms with Crippen LogP contribution in [-0.4, -0.2) is 53.7 Å². The Labute approximate surface area is 256 Å². The fourth-order valence-electron chi connectivity index (χ4n) is 5.86. The van der Waals surface area contributed by atoms with Crippen LogP contribution in [0.5, 0.6) is 5.75 Å². The van der Waals surface area contributed by atoms with Crippen molar-refractivity contribution in [3.63, 3.8) is 0 Å². The van der Waals surface area contributed by atoms with Crippen LogP contribution in [0.1, 0.15) is 37.1 Å². The number of hydrogen-bond donors (Lipinski definition) is 0. The second-order valence-corrected chi connectivity index (χ2v) is 10.9. The zero-order chi connectivity index (χ0) is 30.2. The number of esters is 1. The van der Waals surface area contributed by atoms with E-state index in [0.717, 1.165) is 50.7 Å². The van der Waals surface area contributed by atoms with Crippen LogP contribution in [0.25, 0.3) is 22.1 Å². The number of carbonyl (C=O) groups is 1. The van der Waals surface area contributed by atoms with E-state index in [2.05, 4.69) is 20.1 Å². The molecule has 0 spiro atoms. The van der Waals surface area contributed by atoms with Crippen LogP contribution in [0, 0.1) is 13.8 Å². The molecule has 43 heavy (non-hydrogen) atoms. The van der Waals surface area contributed by atoms with E-state index in [1.807, 2.05) is 99.3 Å². The van der Waals surface area contributed by atoms with Gasteiger partial charge in [-0.2, -0.15) is 0 Å². The Balaban J connectivity index is 1.54. The molecule has 0 saturated heterocycles. The van der Waals surface area contributed by atoms with E-state index in [-0.39, 0.29) is 12.6 Å². The average molecular weight is 595 g/mol. The molecule has 9 nitrogen and oxygen atoms in total. The van der Waals surface area contributed by atoms with Crippen molar-refractivity contribution in [3.8, 4) is 5.75 Å². The summed E-state index contributed by atoms with van der Waals surface area (Å²) in [4.78, 5) is 27.5. The van der Waals surface area contributed by atoms with Gasteiger partial charge in [0.15, 0.2) is 5.11 Å². The highest BCUT2D eigenvalue weighted by molar-refractivity contribution is 7.80. The van der Waals surface area contributed by atoms with Crippen molar-refractivity contribution in [1.29, 1.82) is 0 Å². The first-order valence-corrected chi connectivity index (χ1v) is 14.7. The normalized spacial score (nSPS) is 15.6. The van der Waals surface area contributed by atoms with Gasteiger partial charge in [0.2, 0.25) is 0 Å². The molecule has 6 rings (SSSR count). The molecule has 1 aliphatic rings. The molecule has 220 valence electrons. The number of carbonyl (C=O) groups excluding carboxylic acids is 1. The average Bonchev–Trinajstić information content (AvgIpc) is 3.50. The van der Waals surface area contributed by atoms with E-state index in [9.17, 15) is 4.79 Å². The van der Waals surface area contributed by atoms with Crippen LogP contribution in [0.4, 0.5) is 0 Å². The number of aromatic nitrogens is 4. The molecule has 0 aliphatic carbocycles. The fraction of sp³-hybridized carbons (Fsp3) is 0.273. The number of aryl methyl sites for hydroxylation is 2. The molecule has 0 radical (unpaired) electrons. The van der Waals surface area contributed by atoms with E-state index in [1.165, 1.54) is 0 Å². The van der Waals surface area contributed by atoms with Crippen molar-refractivity contribution in [2.24, 2.45) is 0 Å². The number of benzene rings is 3. The van der Waals surface area contributed by atoms with Gasteiger partial charge in [0, 0.05) is 5.70 Å². The summed E-state index contributed by atoms with van der Waals surface area (Å²) in [5, 5.41) is 0.584. The lowest BCUT2D eigenvalue weighted by atomic mass is 9.93. The van der Waals surface area contributed by atoms with Gasteiger partial charge in [0.05, 0.1) is 54.1 Å². The minimum Gasteiger partial charge on any atom is -0.497 e. The highest BCUT2D eigenvalue weighted by Crippen LogP contribution is 2.40. The predicted octanol–water partition coefficient (Wildman–Crippen LogP) is 6.11. The number of allylic oxidation sites excluding steroid dienone is 1. The Morgan fingerprint density at radius 3 is 1.95 bits per heavy atom. The molecular weight excluding hydrogens is 560 g/mol. The van der Waals surface area contributed by atoms with Crippen molar-refractivity contribution < 1.29 is 14.3 Å². The molecule has 0 bridgehead atoms. The summed E-state index contributed by atoms with van der Waals surface area (Å²) in [6.07, 6.45) is 0. The molecular formula is C33H34N6O3S. The van der Waals surface area contributed by atoms with Gasteiger partial charge in [-0.3, -0.25) is 0 Å². The predicted molar refractivity (Wildman–Crippen MR) is 170 cm³/mol. The van der Waals surface area contributed by atoms with Crippen molar-refractivity contribution in [2.45, 2.75) is 47.1 Å². The van der Waals surface area contributed by atoms with Gasteiger partial charge >= 0.3 is 5.97 Å². The molecule has 10 heteroatoms. The quantitative estimate of drug-likeness (QED) is 0.157. The van der Waals surface area contributed by atoms with Gasteiger partial charge in [0.1, 0.15) is 24.1 Å². The van der Waals surface area contributed by atoms with E-state index >= 15 is 0 Å². The Morgan fingerprint density at radius 1 is 0.837 bits per heavy atom. The van der Waals surface area contributed by atoms with Crippen molar-refractivity contribution in [2.75, 3.05) is 13.7 Å². The Bertz CT molecular complexity index is 1870. The summed E-state index contributed by atoms with van der Waals surface area (Å²) in [5.74, 6) is 2.06. The van der Waals surface area contributed by atoms with E-state index in [4.69, 9.17) is 31.7 Å². The topological polar surface area (TPSA) is 77.7 Å². The van der Waals surface area contributed by atoms with Gasteiger partial charge < -0.3 is 28.4 Å². The van der Waals surface area contributed by atoms with Crippen molar-refractivity contribution in [1.82, 2.24) is 28.9 Å². The standard InChI is InChI=1S/C33H34N6O3S/c1-6-42-32(40)30-21(2)36(19-37-22(3)34-26-11-7-9-13-28(26)37)33(43)39(31(30)24-15-17-25(41-5)18-16-24)20-38-23(4)35-27-12-8-10-14-29(27)38/h7-18,31H,6,19-20H2,1-5H3. The number of rotatable bonds is 8. The second kappa shape index (κ2) is 11.5. The SMILES string of the molecule is CCOC(=O)C1=C(C)N(Cn2c(C)nc3ccccc32)C(=S)N(Cn2c(C)nc3ccccc32)C1c1ccc(OC)cc1. The van der Waals surface area contributed by atoms with Crippen LogP contribution < -0.4 is 4.74 Å². The highest BCUT2D eigenvalue weighted by Gasteiger charge is 2.41. The first-order chi connectivity index (χ1) is 20.8. The summed E-state index contributed by atoms with van der Waals surface area (Å²) in [5.41, 5.74) is 5.96. The highest BCUT2D eigenvalue weighted by atomic mass is 32.1. The maximum atomic E-state index is 13.8. The maximum absolute atomic E-state index is 13.8. The lowest BCUT2D eigenvalue weighted by Crippen LogP contribution is -2.51.